The molecular formula is C14H13BrClNO3S. The minimum Gasteiger partial charge on any atom is -0.392 e. The summed E-state index contributed by atoms with van der Waals surface area (Å²) in [6, 6.07) is 9.58. The van der Waals surface area contributed by atoms with Gasteiger partial charge in [0.1, 0.15) is 4.90 Å². The van der Waals surface area contributed by atoms with Gasteiger partial charge in [-0.2, -0.15) is 0 Å². The van der Waals surface area contributed by atoms with Crippen molar-refractivity contribution >= 4 is 43.2 Å². The van der Waals surface area contributed by atoms with Gasteiger partial charge < -0.3 is 5.11 Å². The Bertz CT molecular complexity index is 778. The molecule has 0 heterocycles. The van der Waals surface area contributed by atoms with Gasteiger partial charge in [-0.05, 0) is 58.2 Å². The van der Waals surface area contributed by atoms with Crippen molar-refractivity contribution < 1.29 is 13.5 Å². The summed E-state index contributed by atoms with van der Waals surface area (Å²) in [7, 11) is -3.77. The number of hydrogen-bond acceptors (Lipinski definition) is 3. The summed E-state index contributed by atoms with van der Waals surface area (Å²) in [5.41, 5.74) is 1.76. The average Bonchev–Trinajstić information content (AvgIpc) is 2.43. The van der Waals surface area contributed by atoms with E-state index >= 15 is 0 Å². The smallest absolute Gasteiger partial charge is 0.263 e. The third kappa shape index (κ3) is 3.77. The van der Waals surface area contributed by atoms with Crippen molar-refractivity contribution in [1.29, 1.82) is 0 Å². The van der Waals surface area contributed by atoms with E-state index in [0.717, 1.165) is 5.56 Å². The molecule has 0 bridgehead atoms. The fourth-order valence-electron chi connectivity index (χ4n) is 1.72. The molecule has 0 aliphatic heterocycles. The second-order valence-electron chi connectivity index (χ2n) is 4.49. The summed E-state index contributed by atoms with van der Waals surface area (Å²) < 4.78 is 27.7. The van der Waals surface area contributed by atoms with Crippen LogP contribution >= 0.6 is 27.5 Å². The molecule has 0 aliphatic rings. The lowest BCUT2D eigenvalue weighted by molar-refractivity contribution is 0.281. The van der Waals surface area contributed by atoms with Gasteiger partial charge in [-0.1, -0.05) is 23.7 Å². The van der Waals surface area contributed by atoms with Gasteiger partial charge in [0.15, 0.2) is 0 Å². The molecule has 0 saturated heterocycles. The van der Waals surface area contributed by atoms with Crippen LogP contribution in [0.1, 0.15) is 11.1 Å². The number of anilines is 1. The number of benzene rings is 2. The van der Waals surface area contributed by atoms with Crippen LogP contribution in [-0.2, 0) is 16.6 Å². The molecule has 0 unspecified atom stereocenters. The maximum absolute atomic E-state index is 12.4. The first-order valence-corrected chi connectivity index (χ1v) is 8.67. The summed E-state index contributed by atoms with van der Waals surface area (Å²) in [5, 5.41) is 9.61. The molecule has 0 radical (unpaired) electrons. The van der Waals surface area contributed by atoms with Crippen LogP contribution in [0.2, 0.25) is 5.02 Å². The highest BCUT2D eigenvalue weighted by Gasteiger charge is 2.18. The van der Waals surface area contributed by atoms with Crippen molar-refractivity contribution in [3.63, 3.8) is 0 Å². The number of aliphatic hydroxyl groups is 1. The number of aliphatic hydroxyl groups excluding tert-OH is 1. The van der Waals surface area contributed by atoms with E-state index in [9.17, 15) is 8.42 Å². The van der Waals surface area contributed by atoms with E-state index in [4.69, 9.17) is 16.7 Å². The van der Waals surface area contributed by atoms with Crippen molar-refractivity contribution in [3.05, 3.63) is 57.0 Å². The van der Waals surface area contributed by atoms with Crippen LogP contribution < -0.4 is 4.72 Å². The molecule has 4 nitrogen and oxygen atoms in total. The summed E-state index contributed by atoms with van der Waals surface area (Å²) in [6.07, 6.45) is 0. The molecule has 0 aromatic heterocycles. The topological polar surface area (TPSA) is 66.4 Å². The Kier molecular flexibility index (Phi) is 4.93. The van der Waals surface area contributed by atoms with Gasteiger partial charge in [0.2, 0.25) is 0 Å². The first-order chi connectivity index (χ1) is 9.83. The first-order valence-electron chi connectivity index (χ1n) is 6.02. The highest BCUT2D eigenvalue weighted by Crippen LogP contribution is 2.27. The van der Waals surface area contributed by atoms with Crippen LogP contribution in [0.3, 0.4) is 0 Å². The van der Waals surface area contributed by atoms with E-state index in [1.807, 2.05) is 6.92 Å². The van der Waals surface area contributed by atoms with Crippen LogP contribution in [-0.4, -0.2) is 13.5 Å². The maximum Gasteiger partial charge on any atom is 0.263 e. The summed E-state index contributed by atoms with van der Waals surface area (Å²) in [4.78, 5) is 0.0609. The molecule has 2 N–H and O–H groups in total. The second-order valence-corrected chi connectivity index (χ2v) is 7.40. The lowest BCUT2D eigenvalue weighted by atomic mass is 10.2. The van der Waals surface area contributed by atoms with Crippen molar-refractivity contribution in [3.8, 4) is 0 Å². The van der Waals surface area contributed by atoms with Gasteiger partial charge >= 0.3 is 0 Å². The van der Waals surface area contributed by atoms with Crippen LogP contribution in [0.5, 0.6) is 0 Å². The van der Waals surface area contributed by atoms with Crippen LogP contribution in [0.25, 0.3) is 0 Å². The number of halogens is 2. The van der Waals surface area contributed by atoms with Crippen LogP contribution in [0, 0.1) is 6.92 Å². The standard InChI is InChI=1S/C14H13BrClNO3S/c1-9-2-4-11(7-13(9)16)17-21(19,20)14-6-10(8-18)3-5-12(14)15/h2-7,17-18H,8H2,1H3. The minimum absolute atomic E-state index is 0.0609. The van der Waals surface area contributed by atoms with Gasteiger partial charge in [-0.25, -0.2) is 8.42 Å². The lowest BCUT2D eigenvalue weighted by Crippen LogP contribution is -2.14. The average molecular weight is 391 g/mol. The molecule has 2 aromatic carbocycles. The van der Waals surface area contributed by atoms with E-state index in [1.54, 1.807) is 30.3 Å². The highest BCUT2D eigenvalue weighted by atomic mass is 79.9. The van der Waals surface area contributed by atoms with Gasteiger partial charge in [0, 0.05) is 9.50 Å². The molecule has 0 fully saturated rings. The number of nitrogens with one attached hydrogen (secondary N) is 1. The molecule has 2 aromatic rings. The minimum atomic E-state index is -3.77. The van der Waals surface area contributed by atoms with Crippen molar-refractivity contribution in [1.82, 2.24) is 0 Å². The molecule has 2 rings (SSSR count). The zero-order chi connectivity index (χ0) is 15.6. The number of hydrogen-bond donors (Lipinski definition) is 2. The zero-order valence-electron chi connectivity index (χ0n) is 11.1. The molecule has 21 heavy (non-hydrogen) atoms. The van der Waals surface area contributed by atoms with Crippen molar-refractivity contribution in [2.45, 2.75) is 18.4 Å². The van der Waals surface area contributed by atoms with Crippen molar-refractivity contribution in [2.24, 2.45) is 0 Å². The van der Waals surface area contributed by atoms with Gasteiger partial charge in [-0.15, -0.1) is 0 Å². The SMILES string of the molecule is Cc1ccc(NS(=O)(=O)c2cc(CO)ccc2Br)cc1Cl. The second kappa shape index (κ2) is 6.36. The summed E-state index contributed by atoms with van der Waals surface area (Å²) >= 11 is 9.20. The molecule has 0 saturated carbocycles. The highest BCUT2D eigenvalue weighted by molar-refractivity contribution is 9.10. The van der Waals surface area contributed by atoms with Crippen LogP contribution in [0.15, 0.2) is 45.8 Å². The molecule has 0 aliphatic carbocycles. The first kappa shape index (κ1) is 16.3. The third-order valence-corrected chi connectivity index (χ3v) is 5.67. The van der Waals surface area contributed by atoms with Crippen molar-refractivity contribution in [2.75, 3.05) is 4.72 Å². The summed E-state index contributed by atoms with van der Waals surface area (Å²) in [5.74, 6) is 0. The Morgan fingerprint density at radius 3 is 2.57 bits per heavy atom. The maximum atomic E-state index is 12.4. The van der Waals surface area contributed by atoms with E-state index in [1.165, 1.54) is 6.07 Å². The van der Waals surface area contributed by atoms with Crippen LogP contribution in [0.4, 0.5) is 5.69 Å². The predicted molar refractivity (Wildman–Crippen MR) is 87.1 cm³/mol. The number of sulfonamides is 1. The van der Waals surface area contributed by atoms with E-state index in [0.29, 0.717) is 20.7 Å². The van der Waals surface area contributed by atoms with E-state index in [-0.39, 0.29) is 11.5 Å². The molecular weight excluding hydrogens is 378 g/mol. The lowest BCUT2D eigenvalue weighted by Gasteiger charge is -2.11. The number of rotatable bonds is 4. The quantitative estimate of drug-likeness (QED) is 0.836. The zero-order valence-corrected chi connectivity index (χ0v) is 14.3. The largest absolute Gasteiger partial charge is 0.392 e. The molecule has 0 atom stereocenters. The Morgan fingerprint density at radius 2 is 1.95 bits per heavy atom. The normalized spacial score (nSPS) is 11.4. The Labute approximate surface area is 136 Å². The molecule has 7 heteroatoms. The van der Waals surface area contributed by atoms with Gasteiger partial charge in [0.25, 0.3) is 10.0 Å². The monoisotopic (exact) mass is 389 g/mol. The Hall–Kier alpha value is -1.08. The Morgan fingerprint density at radius 1 is 1.24 bits per heavy atom. The number of aryl methyl sites for hydroxylation is 1. The molecule has 112 valence electrons. The van der Waals surface area contributed by atoms with E-state index < -0.39 is 10.0 Å². The summed E-state index contributed by atoms with van der Waals surface area (Å²) in [6.45, 7) is 1.61. The predicted octanol–water partition coefficient (Wildman–Crippen LogP) is 3.70. The molecule has 0 amide bonds. The van der Waals surface area contributed by atoms with Gasteiger partial charge in [-0.3, -0.25) is 4.72 Å². The molecule has 0 spiro atoms. The Balaban J connectivity index is 2.40. The fraction of sp³-hybridized carbons (Fsp3) is 0.143. The third-order valence-electron chi connectivity index (χ3n) is 2.89. The van der Waals surface area contributed by atoms with Gasteiger partial charge in [0.05, 0.1) is 12.3 Å². The fourth-order valence-corrected chi connectivity index (χ4v) is 3.96. The van der Waals surface area contributed by atoms with E-state index in [2.05, 4.69) is 20.7 Å².